The molecule has 1 aromatic heterocycles. The van der Waals surface area contributed by atoms with Crippen molar-refractivity contribution in [3.8, 4) is 11.8 Å². The Kier molecular flexibility index (Phi) is 5.64. The molecule has 0 bridgehead atoms. The fraction of sp³-hybridized carbons (Fsp3) is 0.308. The molecule has 1 aromatic carbocycles. The minimum Gasteiger partial charge on any atom is -0.424 e. The van der Waals surface area contributed by atoms with Crippen molar-refractivity contribution < 1.29 is 22.7 Å². The topological polar surface area (TPSA) is 107 Å². The van der Waals surface area contributed by atoms with Crippen LogP contribution in [-0.2, 0) is 19.4 Å². The number of amides is 1. The molecule has 8 nitrogen and oxygen atoms in total. The molecule has 1 amide bonds. The van der Waals surface area contributed by atoms with Gasteiger partial charge in [0.05, 0.1) is 12.4 Å². The van der Waals surface area contributed by atoms with Gasteiger partial charge in [0.2, 0.25) is 20.1 Å². The number of nitrogens with one attached hydrogen (secondary N) is 1. The van der Waals surface area contributed by atoms with E-state index in [1.54, 1.807) is 24.3 Å². The Hall–Kier alpha value is -2.04. The first-order chi connectivity index (χ1) is 10.9. The van der Waals surface area contributed by atoms with E-state index < -0.39 is 9.84 Å². The van der Waals surface area contributed by atoms with E-state index >= 15 is 0 Å². The number of aromatic nitrogens is 2. The van der Waals surface area contributed by atoms with Crippen LogP contribution < -0.4 is 10.1 Å². The Bertz CT molecular complexity index is 771. The molecule has 0 unspecified atom stereocenters. The fourth-order valence-electron chi connectivity index (χ4n) is 1.56. The van der Waals surface area contributed by atoms with Gasteiger partial charge in [0.25, 0.3) is 0 Å². The smallest absolute Gasteiger partial charge is 0.335 e. The van der Waals surface area contributed by atoms with E-state index in [0.29, 0.717) is 11.4 Å². The summed E-state index contributed by atoms with van der Waals surface area (Å²) in [5, 5.41) is 2.62. The zero-order valence-electron chi connectivity index (χ0n) is 12.5. The lowest BCUT2D eigenvalue weighted by molar-refractivity contribution is -0.114. The lowest BCUT2D eigenvalue weighted by Gasteiger charge is -2.04. The summed E-state index contributed by atoms with van der Waals surface area (Å²) in [6.07, 6.45) is 0. The third-order valence-electron chi connectivity index (χ3n) is 2.59. The molecule has 0 aliphatic heterocycles. The van der Waals surface area contributed by atoms with Crippen LogP contribution in [0.1, 0.15) is 6.92 Å². The van der Waals surface area contributed by atoms with Gasteiger partial charge in [-0.2, -0.15) is 4.98 Å². The van der Waals surface area contributed by atoms with E-state index in [2.05, 4.69) is 14.7 Å². The van der Waals surface area contributed by atoms with Crippen molar-refractivity contribution in [2.75, 3.05) is 24.8 Å². The molecule has 0 radical (unpaired) electrons. The maximum absolute atomic E-state index is 11.9. The van der Waals surface area contributed by atoms with Crippen LogP contribution in [0.2, 0.25) is 0 Å². The number of carbonyl (C=O) groups excluding carboxylic acids is 1. The summed E-state index contributed by atoms with van der Waals surface area (Å²) in [5.74, 6) is 0.0901. The number of rotatable bonds is 7. The average molecular weight is 357 g/mol. The summed E-state index contributed by atoms with van der Waals surface area (Å²) in [6, 6.07) is 6.49. The molecule has 0 spiro atoms. The van der Waals surface area contributed by atoms with Crippen LogP contribution in [0.15, 0.2) is 28.6 Å². The zero-order valence-corrected chi connectivity index (χ0v) is 14.1. The summed E-state index contributed by atoms with van der Waals surface area (Å²) in [5.41, 5.74) is 0.624. The first-order valence-electron chi connectivity index (χ1n) is 6.51. The van der Waals surface area contributed by atoms with E-state index in [0.717, 1.165) is 11.5 Å². The first kappa shape index (κ1) is 17.3. The molecule has 1 heterocycles. The summed E-state index contributed by atoms with van der Waals surface area (Å²) >= 11 is 0.751. The Balaban J connectivity index is 2.05. The molecule has 124 valence electrons. The molecule has 0 atom stereocenters. The van der Waals surface area contributed by atoms with Gasteiger partial charge in [-0.3, -0.25) is 4.79 Å². The summed E-state index contributed by atoms with van der Waals surface area (Å²) < 4.78 is 37.8. The number of benzene rings is 1. The van der Waals surface area contributed by atoms with Crippen LogP contribution in [0.5, 0.6) is 11.8 Å². The second kappa shape index (κ2) is 7.49. The number of anilines is 1. The highest BCUT2D eigenvalue weighted by Crippen LogP contribution is 2.24. The predicted octanol–water partition coefficient (Wildman–Crippen LogP) is 1.71. The molecular weight excluding hydrogens is 342 g/mol. The van der Waals surface area contributed by atoms with Crippen LogP contribution >= 0.6 is 11.5 Å². The molecule has 0 aliphatic carbocycles. The van der Waals surface area contributed by atoms with E-state index in [1.807, 2.05) is 0 Å². The van der Waals surface area contributed by atoms with Gasteiger partial charge in [-0.15, -0.1) is 4.37 Å². The lowest BCUT2D eigenvalue weighted by Crippen LogP contribution is -2.11. The summed E-state index contributed by atoms with van der Waals surface area (Å²) in [4.78, 5) is 14.8. The van der Waals surface area contributed by atoms with Crippen LogP contribution in [-0.4, -0.2) is 43.2 Å². The molecule has 2 aromatic rings. The average Bonchev–Trinajstić information content (AvgIpc) is 2.96. The molecule has 23 heavy (non-hydrogen) atoms. The number of hydrogen-bond donors (Lipinski definition) is 1. The number of hydrogen-bond acceptors (Lipinski definition) is 8. The molecule has 1 N–H and O–H groups in total. The largest absolute Gasteiger partial charge is 0.424 e. The number of sulfone groups is 1. The number of methoxy groups -OCH3 is 1. The summed E-state index contributed by atoms with van der Waals surface area (Å²) in [7, 11) is -2.10. The lowest BCUT2D eigenvalue weighted by atomic mass is 10.3. The third kappa shape index (κ3) is 4.98. The van der Waals surface area contributed by atoms with Gasteiger partial charge in [0.15, 0.2) is 0 Å². The van der Waals surface area contributed by atoms with Crippen LogP contribution in [0.25, 0.3) is 0 Å². The number of ether oxygens (including phenoxy) is 2. The van der Waals surface area contributed by atoms with Crippen molar-refractivity contribution in [3.05, 3.63) is 24.3 Å². The van der Waals surface area contributed by atoms with Gasteiger partial charge < -0.3 is 14.8 Å². The molecular formula is C13H15N3O5S2. The summed E-state index contributed by atoms with van der Waals surface area (Å²) in [6.45, 7) is 1.50. The normalized spacial score (nSPS) is 11.2. The quantitative estimate of drug-likeness (QED) is 0.803. The maximum atomic E-state index is 11.9. The van der Waals surface area contributed by atoms with Crippen LogP contribution in [0, 0.1) is 0 Å². The van der Waals surface area contributed by atoms with Crippen LogP contribution in [0.4, 0.5) is 5.69 Å². The predicted molar refractivity (Wildman–Crippen MR) is 84.7 cm³/mol. The highest BCUT2D eigenvalue weighted by molar-refractivity contribution is 7.93. The Morgan fingerprint density at radius 3 is 2.61 bits per heavy atom. The van der Waals surface area contributed by atoms with Crippen molar-refractivity contribution in [2.24, 2.45) is 0 Å². The van der Waals surface area contributed by atoms with Gasteiger partial charge in [0.1, 0.15) is 5.75 Å². The monoisotopic (exact) mass is 357 g/mol. The second-order valence-corrected chi connectivity index (χ2v) is 7.50. The van der Waals surface area contributed by atoms with Gasteiger partial charge in [-0.1, -0.05) is 0 Å². The Labute approximate surface area is 137 Å². The highest BCUT2D eigenvalue weighted by atomic mass is 32.2. The SMILES string of the molecule is COCCS(=O)(=O)c1nc(Oc2ccc(NC(C)=O)cc2)ns1. The Morgan fingerprint density at radius 1 is 1.30 bits per heavy atom. The van der Waals surface area contributed by atoms with E-state index in [-0.39, 0.29) is 28.6 Å². The minimum atomic E-state index is -3.52. The van der Waals surface area contributed by atoms with Gasteiger partial charge in [-0.25, -0.2) is 8.42 Å². The maximum Gasteiger partial charge on any atom is 0.335 e. The molecule has 0 saturated carbocycles. The van der Waals surface area contributed by atoms with E-state index in [4.69, 9.17) is 9.47 Å². The zero-order chi connectivity index (χ0) is 16.9. The third-order valence-corrected chi connectivity index (χ3v) is 5.40. The van der Waals surface area contributed by atoms with Gasteiger partial charge in [0, 0.05) is 31.3 Å². The van der Waals surface area contributed by atoms with Crippen molar-refractivity contribution in [3.63, 3.8) is 0 Å². The second-order valence-electron chi connectivity index (χ2n) is 4.46. The highest BCUT2D eigenvalue weighted by Gasteiger charge is 2.20. The standard InChI is InChI=1S/C13H15N3O5S2/c1-9(17)14-10-3-5-11(6-4-10)21-12-15-13(22-16-12)23(18,19)8-7-20-2/h3-6H,7-8H2,1-2H3,(H,14,17). The number of nitrogens with zero attached hydrogens (tertiary/aromatic N) is 2. The van der Waals surface area contributed by atoms with Gasteiger partial charge in [-0.05, 0) is 24.3 Å². The van der Waals surface area contributed by atoms with Crippen molar-refractivity contribution in [1.29, 1.82) is 0 Å². The molecule has 0 saturated heterocycles. The molecule has 2 rings (SSSR count). The fourth-order valence-corrected chi connectivity index (χ4v) is 3.51. The van der Waals surface area contributed by atoms with Crippen molar-refractivity contribution in [1.82, 2.24) is 9.36 Å². The Morgan fingerprint density at radius 2 is 2.00 bits per heavy atom. The van der Waals surface area contributed by atoms with Gasteiger partial charge >= 0.3 is 6.01 Å². The molecule has 0 fully saturated rings. The number of carbonyl (C=O) groups is 1. The molecule has 0 aliphatic rings. The van der Waals surface area contributed by atoms with Crippen molar-refractivity contribution >= 4 is 33.0 Å². The van der Waals surface area contributed by atoms with E-state index in [9.17, 15) is 13.2 Å². The van der Waals surface area contributed by atoms with Crippen molar-refractivity contribution in [2.45, 2.75) is 11.3 Å². The first-order valence-corrected chi connectivity index (χ1v) is 8.94. The van der Waals surface area contributed by atoms with E-state index in [1.165, 1.54) is 14.0 Å². The van der Waals surface area contributed by atoms with Crippen LogP contribution in [0.3, 0.4) is 0 Å². The molecule has 10 heteroatoms. The minimum absolute atomic E-state index is 0.0433.